The maximum absolute atomic E-state index is 14.1. The molecule has 0 fully saturated rings. The zero-order valence-corrected chi connectivity index (χ0v) is 20.7. The highest BCUT2D eigenvalue weighted by Gasteiger charge is 2.34. The van der Waals surface area contributed by atoms with Crippen LogP contribution in [0.15, 0.2) is 95.6 Å². The number of aryl methyl sites for hydroxylation is 2. The summed E-state index contributed by atoms with van der Waals surface area (Å²) in [6, 6.07) is 25.3. The molecule has 2 amide bonds. The lowest BCUT2D eigenvalue weighted by molar-refractivity contribution is -0.127. The molecule has 0 unspecified atom stereocenters. The Labute approximate surface area is 214 Å². The third-order valence-electron chi connectivity index (χ3n) is 6.26. The lowest BCUT2D eigenvalue weighted by Crippen LogP contribution is -2.45. The standard InChI is InChI=1S/C29H27N5O3/c1-20-9-7-11-22(17-20)34(27(35)19-33-26-15-6-5-14-25(26)31-32-33)28(24-13-4-3-10-21(24)2)29(36)30-18-23-12-8-16-37-23/h3-17,28H,18-19H2,1-2H3,(H,30,36)/t28-/m1/s1. The normalized spacial score (nSPS) is 11.8. The third kappa shape index (κ3) is 5.13. The minimum Gasteiger partial charge on any atom is -0.467 e. The van der Waals surface area contributed by atoms with E-state index in [0.717, 1.165) is 22.2 Å². The van der Waals surface area contributed by atoms with Crippen molar-refractivity contribution in [2.24, 2.45) is 0 Å². The van der Waals surface area contributed by atoms with Crippen molar-refractivity contribution in [3.05, 3.63) is 114 Å². The lowest BCUT2D eigenvalue weighted by Gasteiger charge is -2.32. The van der Waals surface area contributed by atoms with Crippen LogP contribution in [0.2, 0.25) is 0 Å². The maximum atomic E-state index is 14.1. The number of amides is 2. The Balaban J connectivity index is 1.57. The van der Waals surface area contributed by atoms with E-state index < -0.39 is 6.04 Å². The number of hydrogen-bond donors (Lipinski definition) is 1. The highest BCUT2D eigenvalue weighted by molar-refractivity contribution is 6.01. The number of nitrogens with zero attached hydrogens (tertiary/aromatic N) is 4. The van der Waals surface area contributed by atoms with Crippen LogP contribution in [-0.2, 0) is 22.7 Å². The number of hydrogen-bond acceptors (Lipinski definition) is 5. The largest absolute Gasteiger partial charge is 0.467 e. The monoisotopic (exact) mass is 493 g/mol. The summed E-state index contributed by atoms with van der Waals surface area (Å²) in [6.07, 6.45) is 1.56. The highest BCUT2D eigenvalue weighted by Crippen LogP contribution is 2.31. The molecule has 186 valence electrons. The molecule has 5 rings (SSSR count). The van der Waals surface area contributed by atoms with Crippen LogP contribution >= 0.6 is 0 Å². The molecule has 0 spiro atoms. The van der Waals surface area contributed by atoms with Gasteiger partial charge < -0.3 is 9.73 Å². The van der Waals surface area contributed by atoms with Crippen molar-refractivity contribution in [2.45, 2.75) is 33.0 Å². The van der Waals surface area contributed by atoms with Crippen molar-refractivity contribution >= 4 is 28.5 Å². The van der Waals surface area contributed by atoms with Crippen LogP contribution in [0.25, 0.3) is 11.0 Å². The van der Waals surface area contributed by atoms with Crippen LogP contribution in [0, 0.1) is 13.8 Å². The number of carbonyl (C=O) groups excluding carboxylic acids is 2. The first-order chi connectivity index (χ1) is 18.0. The first-order valence-corrected chi connectivity index (χ1v) is 12.0. The van der Waals surface area contributed by atoms with E-state index in [4.69, 9.17) is 4.42 Å². The summed E-state index contributed by atoms with van der Waals surface area (Å²) in [5.74, 6) is 0.0195. The van der Waals surface area contributed by atoms with Crippen LogP contribution in [0.5, 0.6) is 0 Å². The first kappa shape index (κ1) is 24.0. The van der Waals surface area contributed by atoms with E-state index in [1.54, 1.807) is 28.0 Å². The van der Waals surface area contributed by atoms with Gasteiger partial charge in [-0.05, 0) is 66.9 Å². The van der Waals surface area contributed by atoms with Gasteiger partial charge in [0.15, 0.2) is 0 Å². The van der Waals surface area contributed by atoms with Gasteiger partial charge in [-0.15, -0.1) is 5.10 Å². The lowest BCUT2D eigenvalue weighted by atomic mass is 9.98. The number of nitrogens with one attached hydrogen (secondary N) is 1. The molecule has 1 N–H and O–H groups in total. The fourth-order valence-corrected chi connectivity index (χ4v) is 4.43. The Morgan fingerprint density at radius 2 is 1.78 bits per heavy atom. The smallest absolute Gasteiger partial charge is 0.249 e. The summed E-state index contributed by atoms with van der Waals surface area (Å²) in [7, 11) is 0. The second-order valence-corrected chi connectivity index (χ2v) is 8.89. The van der Waals surface area contributed by atoms with Gasteiger partial charge in [-0.1, -0.05) is 53.7 Å². The highest BCUT2D eigenvalue weighted by atomic mass is 16.3. The second-order valence-electron chi connectivity index (χ2n) is 8.89. The number of fused-ring (bicyclic) bond motifs is 1. The van der Waals surface area contributed by atoms with E-state index in [-0.39, 0.29) is 24.9 Å². The van der Waals surface area contributed by atoms with Crippen molar-refractivity contribution in [2.75, 3.05) is 4.90 Å². The minimum atomic E-state index is -0.916. The summed E-state index contributed by atoms with van der Waals surface area (Å²) in [4.78, 5) is 29.5. The number of anilines is 1. The van der Waals surface area contributed by atoms with E-state index >= 15 is 0 Å². The molecular weight excluding hydrogens is 466 g/mol. The van der Waals surface area contributed by atoms with E-state index in [2.05, 4.69) is 15.6 Å². The molecule has 8 heteroatoms. The van der Waals surface area contributed by atoms with Gasteiger partial charge in [0.25, 0.3) is 0 Å². The molecule has 1 atom stereocenters. The molecule has 0 aliphatic carbocycles. The Hall–Kier alpha value is -4.72. The van der Waals surface area contributed by atoms with Crippen LogP contribution in [0.1, 0.15) is 28.5 Å². The van der Waals surface area contributed by atoms with Gasteiger partial charge in [0.2, 0.25) is 11.8 Å². The number of benzene rings is 3. The van der Waals surface area contributed by atoms with Crippen molar-refractivity contribution in [1.29, 1.82) is 0 Å². The average Bonchev–Trinajstić information content (AvgIpc) is 3.57. The third-order valence-corrected chi connectivity index (χ3v) is 6.26. The Bertz CT molecular complexity index is 1540. The summed E-state index contributed by atoms with van der Waals surface area (Å²) in [5, 5.41) is 11.3. The average molecular weight is 494 g/mol. The van der Waals surface area contributed by atoms with E-state index in [0.29, 0.717) is 17.0 Å². The second kappa shape index (κ2) is 10.5. The SMILES string of the molecule is Cc1cccc(N(C(=O)Cn2nnc3ccccc32)[C@@H](C(=O)NCc2ccco2)c2ccccc2C)c1. The summed E-state index contributed by atoms with van der Waals surface area (Å²) >= 11 is 0. The topological polar surface area (TPSA) is 93.3 Å². The minimum absolute atomic E-state index is 0.0811. The molecule has 5 aromatic rings. The molecule has 0 saturated heterocycles. The molecule has 3 aromatic carbocycles. The Morgan fingerprint density at radius 1 is 0.973 bits per heavy atom. The maximum Gasteiger partial charge on any atom is 0.249 e. The molecule has 2 aromatic heterocycles. The van der Waals surface area contributed by atoms with Gasteiger partial charge >= 0.3 is 0 Å². The molecule has 0 saturated carbocycles. The van der Waals surface area contributed by atoms with Crippen LogP contribution < -0.4 is 10.2 Å². The summed E-state index contributed by atoms with van der Waals surface area (Å²) < 4.78 is 6.96. The first-order valence-electron chi connectivity index (χ1n) is 12.0. The molecule has 0 aliphatic rings. The van der Waals surface area contributed by atoms with Crippen molar-refractivity contribution in [3.8, 4) is 0 Å². The van der Waals surface area contributed by atoms with Gasteiger partial charge in [0.05, 0.1) is 18.3 Å². The van der Waals surface area contributed by atoms with E-state index in [1.165, 1.54) is 0 Å². The number of rotatable bonds is 8. The van der Waals surface area contributed by atoms with Gasteiger partial charge in [-0.3, -0.25) is 14.5 Å². The number of aromatic nitrogens is 3. The molecule has 8 nitrogen and oxygen atoms in total. The molecule has 2 heterocycles. The molecule has 0 bridgehead atoms. The molecule has 0 aliphatic heterocycles. The number of carbonyl (C=O) groups is 2. The zero-order valence-electron chi connectivity index (χ0n) is 20.7. The number of furan rings is 1. The summed E-state index contributed by atoms with van der Waals surface area (Å²) in [6.45, 7) is 4.02. The summed E-state index contributed by atoms with van der Waals surface area (Å²) in [5.41, 5.74) is 4.67. The van der Waals surface area contributed by atoms with Crippen LogP contribution in [-0.4, -0.2) is 26.8 Å². The fourth-order valence-electron chi connectivity index (χ4n) is 4.43. The van der Waals surface area contributed by atoms with E-state index in [9.17, 15) is 9.59 Å². The van der Waals surface area contributed by atoms with Crippen LogP contribution in [0.3, 0.4) is 0 Å². The fraction of sp³-hybridized carbons (Fsp3) is 0.172. The van der Waals surface area contributed by atoms with Gasteiger partial charge in [0, 0.05) is 5.69 Å². The molecule has 37 heavy (non-hydrogen) atoms. The molecule has 0 radical (unpaired) electrons. The Morgan fingerprint density at radius 3 is 2.57 bits per heavy atom. The van der Waals surface area contributed by atoms with E-state index in [1.807, 2.05) is 86.6 Å². The molecular formula is C29H27N5O3. The van der Waals surface area contributed by atoms with Crippen LogP contribution in [0.4, 0.5) is 5.69 Å². The van der Waals surface area contributed by atoms with Gasteiger partial charge in [-0.25, -0.2) is 4.68 Å². The zero-order chi connectivity index (χ0) is 25.8. The number of para-hydroxylation sites is 1. The van der Waals surface area contributed by atoms with Gasteiger partial charge in [-0.2, -0.15) is 0 Å². The quantitative estimate of drug-likeness (QED) is 0.337. The van der Waals surface area contributed by atoms with Crippen molar-refractivity contribution in [3.63, 3.8) is 0 Å². The predicted molar refractivity (Wildman–Crippen MR) is 141 cm³/mol. The Kier molecular flexibility index (Phi) is 6.81. The van der Waals surface area contributed by atoms with Crippen molar-refractivity contribution < 1.29 is 14.0 Å². The predicted octanol–water partition coefficient (Wildman–Crippen LogP) is 4.73. The van der Waals surface area contributed by atoms with Gasteiger partial charge in [0.1, 0.15) is 23.9 Å². The van der Waals surface area contributed by atoms with Crippen molar-refractivity contribution in [1.82, 2.24) is 20.3 Å².